The van der Waals surface area contributed by atoms with Crippen LogP contribution in [0.25, 0.3) is 0 Å². The number of aryl methyl sites for hydroxylation is 1. The molecular formula is C17H23N5O3. The summed E-state index contributed by atoms with van der Waals surface area (Å²) in [5, 5.41) is 11.2. The highest BCUT2D eigenvalue weighted by Crippen LogP contribution is 2.47. The average molecular weight is 345 g/mol. The minimum Gasteiger partial charge on any atom is -0.377 e. The van der Waals surface area contributed by atoms with Gasteiger partial charge in [-0.1, -0.05) is 5.16 Å². The minimum absolute atomic E-state index is 0.0805. The number of carbonyl (C=O) groups is 1. The smallest absolute Gasteiger partial charge is 0.230 e. The Labute approximate surface area is 145 Å². The molecule has 4 rings (SSSR count). The first-order chi connectivity index (χ1) is 12.1. The quantitative estimate of drug-likeness (QED) is 0.851. The lowest BCUT2D eigenvalue weighted by Crippen LogP contribution is -2.30. The van der Waals surface area contributed by atoms with Gasteiger partial charge in [-0.3, -0.25) is 9.89 Å². The Morgan fingerprint density at radius 3 is 2.96 bits per heavy atom. The van der Waals surface area contributed by atoms with Crippen LogP contribution in [0.4, 0.5) is 0 Å². The highest BCUT2D eigenvalue weighted by Gasteiger charge is 2.45. The van der Waals surface area contributed by atoms with Crippen LogP contribution in [0.1, 0.15) is 41.9 Å². The van der Waals surface area contributed by atoms with Crippen LogP contribution in [0.2, 0.25) is 0 Å². The van der Waals surface area contributed by atoms with Crippen LogP contribution in [-0.4, -0.2) is 51.3 Å². The monoisotopic (exact) mass is 345 g/mol. The second-order valence-electron chi connectivity index (χ2n) is 7.09. The molecule has 3 heterocycles. The fourth-order valence-electron chi connectivity index (χ4n) is 3.75. The maximum absolute atomic E-state index is 12.7. The van der Waals surface area contributed by atoms with Gasteiger partial charge in [-0.15, -0.1) is 0 Å². The summed E-state index contributed by atoms with van der Waals surface area (Å²) in [6.45, 7) is 3.71. The number of hydrogen-bond donors (Lipinski definition) is 1. The zero-order valence-electron chi connectivity index (χ0n) is 14.6. The highest BCUT2D eigenvalue weighted by atomic mass is 16.5. The molecule has 0 spiro atoms. The van der Waals surface area contributed by atoms with Crippen LogP contribution < -0.4 is 0 Å². The molecule has 2 aliphatic rings. The standard InChI is InChI=1S/C17H23N5O3/c1-10-5-12(25-21-10)6-16(23)22-7-13(11-3-4-11)14(8-22)17-18-15(9-24-2)19-20-17/h5,11,13-14H,3-4,6-9H2,1-2H3,(H,18,19,20)/t13-,14+/m1/s1. The Morgan fingerprint density at radius 2 is 2.28 bits per heavy atom. The van der Waals surface area contributed by atoms with Crippen molar-refractivity contribution in [3.05, 3.63) is 29.2 Å². The summed E-state index contributed by atoms with van der Waals surface area (Å²) in [5.41, 5.74) is 0.796. The Balaban J connectivity index is 1.47. The number of aromatic amines is 1. The summed E-state index contributed by atoms with van der Waals surface area (Å²) >= 11 is 0. The average Bonchev–Trinajstić information content (AvgIpc) is 2.98. The normalized spacial score (nSPS) is 23.4. The van der Waals surface area contributed by atoms with E-state index in [9.17, 15) is 4.79 Å². The van der Waals surface area contributed by atoms with Gasteiger partial charge in [0.2, 0.25) is 5.91 Å². The van der Waals surface area contributed by atoms with E-state index in [-0.39, 0.29) is 18.2 Å². The Morgan fingerprint density at radius 1 is 1.44 bits per heavy atom. The summed E-state index contributed by atoms with van der Waals surface area (Å²) in [6, 6.07) is 1.82. The number of carbonyl (C=O) groups excluding carboxylic acids is 1. The van der Waals surface area contributed by atoms with Gasteiger partial charge in [0.05, 0.1) is 12.1 Å². The predicted molar refractivity (Wildman–Crippen MR) is 87.6 cm³/mol. The van der Waals surface area contributed by atoms with Crippen LogP contribution >= 0.6 is 0 Å². The molecule has 2 atom stereocenters. The lowest BCUT2D eigenvalue weighted by atomic mass is 9.91. The number of ether oxygens (including phenoxy) is 1. The fourth-order valence-corrected chi connectivity index (χ4v) is 3.75. The molecule has 1 aliphatic heterocycles. The Kier molecular flexibility index (Phi) is 4.29. The molecule has 0 radical (unpaired) electrons. The van der Waals surface area contributed by atoms with Gasteiger partial charge in [0, 0.05) is 32.2 Å². The zero-order valence-corrected chi connectivity index (χ0v) is 14.6. The maximum Gasteiger partial charge on any atom is 0.230 e. The van der Waals surface area contributed by atoms with E-state index in [0.29, 0.717) is 30.7 Å². The van der Waals surface area contributed by atoms with Crippen LogP contribution in [0, 0.1) is 18.8 Å². The van der Waals surface area contributed by atoms with Gasteiger partial charge < -0.3 is 14.2 Å². The first-order valence-corrected chi connectivity index (χ1v) is 8.74. The number of amides is 1. The molecule has 8 nitrogen and oxygen atoms in total. The number of rotatable bonds is 6. The molecule has 2 aromatic heterocycles. The van der Waals surface area contributed by atoms with Crippen molar-refractivity contribution in [1.82, 2.24) is 25.2 Å². The van der Waals surface area contributed by atoms with Crippen molar-refractivity contribution in [2.75, 3.05) is 20.2 Å². The summed E-state index contributed by atoms with van der Waals surface area (Å²) in [5.74, 6) is 3.54. The number of H-pyrrole nitrogens is 1. The van der Waals surface area contributed by atoms with Crippen LogP contribution in [0.3, 0.4) is 0 Å². The van der Waals surface area contributed by atoms with Gasteiger partial charge in [0.25, 0.3) is 0 Å². The maximum atomic E-state index is 12.7. The summed E-state index contributed by atoms with van der Waals surface area (Å²) in [7, 11) is 1.64. The first kappa shape index (κ1) is 16.3. The molecular weight excluding hydrogens is 322 g/mol. The van der Waals surface area contributed by atoms with E-state index in [0.717, 1.165) is 23.9 Å². The molecule has 1 N–H and O–H groups in total. The lowest BCUT2D eigenvalue weighted by Gasteiger charge is -2.15. The van der Waals surface area contributed by atoms with E-state index < -0.39 is 0 Å². The SMILES string of the molecule is COCc1nc([C@H]2CN(C(=O)Cc3cc(C)no3)C[C@@H]2C2CC2)n[nH]1. The van der Waals surface area contributed by atoms with Crippen molar-refractivity contribution >= 4 is 5.91 Å². The molecule has 25 heavy (non-hydrogen) atoms. The largest absolute Gasteiger partial charge is 0.377 e. The van der Waals surface area contributed by atoms with Gasteiger partial charge in [-0.2, -0.15) is 5.10 Å². The molecule has 2 fully saturated rings. The molecule has 8 heteroatoms. The molecule has 2 aromatic rings. The molecule has 1 amide bonds. The van der Waals surface area contributed by atoms with E-state index in [1.165, 1.54) is 12.8 Å². The third-order valence-corrected chi connectivity index (χ3v) is 5.11. The number of hydrogen-bond acceptors (Lipinski definition) is 6. The molecule has 0 unspecified atom stereocenters. The number of nitrogens with zero attached hydrogens (tertiary/aromatic N) is 4. The highest BCUT2D eigenvalue weighted by molar-refractivity contribution is 5.78. The van der Waals surface area contributed by atoms with E-state index >= 15 is 0 Å². The minimum atomic E-state index is 0.0805. The third kappa shape index (κ3) is 3.44. The van der Waals surface area contributed by atoms with Gasteiger partial charge in [-0.25, -0.2) is 4.98 Å². The number of aromatic nitrogens is 4. The van der Waals surface area contributed by atoms with E-state index in [4.69, 9.17) is 9.26 Å². The van der Waals surface area contributed by atoms with Crippen molar-refractivity contribution in [1.29, 1.82) is 0 Å². The number of methoxy groups -OCH3 is 1. The van der Waals surface area contributed by atoms with E-state index in [1.54, 1.807) is 7.11 Å². The zero-order chi connectivity index (χ0) is 17.4. The van der Waals surface area contributed by atoms with Crippen molar-refractivity contribution in [2.45, 2.75) is 38.7 Å². The topological polar surface area (TPSA) is 97.1 Å². The van der Waals surface area contributed by atoms with Crippen molar-refractivity contribution in [3.8, 4) is 0 Å². The van der Waals surface area contributed by atoms with E-state index in [2.05, 4.69) is 20.3 Å². The van der Waals surface area contributed by atoms with Crippen molar-refractivity contribution in [3.63, 3.8) is 0 Å². The van der Waals surface area contributed by atoms with Gasteiger partial charge in [0.1, 0.15) is 12.4 Å². The number of likely N-dealkylation sites (tertiary alicyclic amines) is 1. The third-order valence-electron chi connectivity index (χ3n) is 5.11. The summed E-state index contributed by atoms with van der Waals surface area (Å²) in [4.78, 5) is 19.2. The van der Waals surface area contributed by atoms with Crippen LogP contribution in [0.15, 0.2) is 10.6 Å². The second kappa shape index (κ2) is 6.59. The molecule has 0 bridgehead atoms. The summed E-state index contributed by atoms with van der Waals surface area (Å²) < 4.78 is 10.3. The Bertz CT molecular complexity index is 751. The van der Waals surface area contributed by atoms with Crippen LogP contribution in [0.5, 0.6) is 0 Å². The molecule has 134 valence electrons. The van der Waals surface area contributed by atoms with Crippen molar-refractivity contribution in [2.24, 2.45) is 11.8 Å². The number of nitrogens with one attached hydrogen (secondary N) is 1. The molecule has 0 aromatic carbocycles. The van der Waals surface area contributed by atoms with Crippen molar-refractivity contribution < 1.29 is 14.1 Å². The van der Waals surface area contributed by atoms with Gasteiger partial charge in [-0.05, 0) is 31.6 Å². The second-order valence-corrected chi connectivity index (χ2v) is 7.09. The van der Waals surface area contributed by atoms with Gasteiger partial charge in [0.15, 0.2) is 11.6 Å². The first-order valence-electron chi connectivity index (χ1n) is 8.74. The molecule has 1 aliphatic carbocycles. The molecule has 1 saturated heterocycles. The fraction of sp³-hybridized carbons (Fsp3) is 0.647. The Hall–Kier alpha value is -2.22. The van der Waals surface area contributed by atoms with Gasteiger partial charge >= 0.3 is 0 Å². The molecule has 1 saturated carbocycles. The van der Waals surface area contributed by atoms with E-state index in [1.807, 2.05) is 17.9 Å². The predicted octanol–water partition coefficient (Wildman–Crippen LogP) is 1.44. The lowest BCUT2D eigenvalue weighted by molar-refractivity contribution is -0.129. The van der Waals surface area contributed by atoms with Crippen LogP contribution in [-0.2, 0) is 22.6 Å². The summed E-state index contributed by atoms with van der Waals surface area (Å²) in [6.07, 6.45) is 2.73.